The van der Waals surface area contributed by atoms with E-state index in [1.807, 2.05) is 39.0 Å². The maximum Gasteiger partial charge on any atom is 0.329 e. The summed E-state index contributed by atoms with van der Waals surface area (Å²) in [5.41, 5.74) is 2.32. The van der Waals surface area contributed by atoms with Gasteiger partial charge in [-0.25, -0.2) is 0 Å². The first-order chi connectivity index (χ1) is 9.58. The molecule has 5 nitrogen and oxygen atoms in total. The fourth-order valence-electron chi connectivity index (χ4n) is 1.50. The molecule has 1 aromatic carbocycles. The largest absolute Gasteiger partial charge is 0.463 e. The predicted molar refractivity (Wildman–Crippen MR) is 76.6 cm³/mol. The monoisotopic (exact) mass is 293 g/mol. The van der Waals surface area contributed by atoms with E-state index in [0.29, 0.717) is 12.4 Å². The van der Waals surface area contributed by atoms with Gasteiger partial charge < -0.3 is 9.47 Å². The van der Waals surface area contributed by atoms with Crippen molar-refractivity contribution < 1.29 is 9.47 Å². The molecular weight excluding hydrogens is 278 g/mol. The van der Waals surface area contributed by atoms with Crippen LogP contribution in [0.2, 0.25) is 5.28 Å². The van der Waals surface area contributed by atoms with Gasteiger partial charge in [0, 0.05) is 0 Å². The molecule has 0 unspecified atom stereocenters. The number of hydrogen-bond donors (Lipinski definition) is 0. The maximum absolute atomic E-state index is 5.83. The van der Waals surface area contributed by atoms with Gasteiger partial charge in [0.25, 0.3) is 0 Å². The van der Waals surface area contributed by atoms with Gasteiger partial charge in [0.15, 0.2) is 0 Å². The zero-order valence-corrected chi connectivity index (χ0v) is 12.4. The van der Waals surface area contributed by atoms with Crippen LogP contribution in [0.4, 0.5) is 0 Å². The lowest BCUT2D eigenvalue weighted by Gasteiger charge is -2.08. The molecule has 6 heteroatoms. The Bertz CT molecular complexity index is 605. The molecule has 2 aromatic rings. The summed E-state index contributed by atoms with van der Waals surface area (Å²) in [5.74, 6) is 0.650. The molecular formula is C14H16ClN3O2. The van der Waals surface area contributed by atoms with Crippen LogP contribution in [-0.4, -0.2) is 21.6 Å². The van der Waals surface area contributed by atoms with Crippen molar-refractivity contribution in [2.24, 2.45) is 0 Å². The molecule has 0 radical (unpaired) electrons. The summed E-state index contributed by atoms with van der Waals surface area (Å²) in [6.07, 6.45) is 0.858. The fourth-order valence-corrected chi connectivity index (χ4v) is 1.65. The van der Waals surface area contributed by atoms with Crippen molar-refractivity contribution in [3.63, 3.8) is 0 Å². The van der Waals surface area contributed by atoms with Crippen LogP contribution >= 0.6 is 11.6 Å². The van der Waals surface area contributed by atoms with Crippen molar-refractivity contribution in [2.75, 3.05) is 6.61 Å². The third-order valence-corrected chi connectivity index (χ3v) is 2.86. The van der Waals surface area contributed by atoms with Gasteiger partial charge in [-0.05, 0) is 55.1 Å². The van der Waals surface area contributed by atoms with Crippen molar-refractivity contribution >= 4 is 11.6 Å². The molecule has 0 aliphatic rings. The van der Waals surface area contributed by atoms with E-state index in [1.165, 1.54) is 5.56 Å². The first-order valence-corrected chi connectivity index (χ1v) is 6.75. The Hall–Kier alpha value is -1.88. The minimum absolute atomic E-state index is 0.0462. The van der Waals surface area contributed by atoms with Gasteiger partial charge in [-0.1, -0.05) is 13.0 Å². The Kier molecular flexibility index (Phi) is 4.74. The number of aromatic nitrogens is 3. The SMILES string of the molecule is CCCOc1nc(Cl)nc(Oc2ccc(C)c(C)c2)n1. The van der Waals surface area contributed by atoms with E-state index in [9.17, 15) is 0 Å². The highest BCUT2D eigenvalue weighted by Gasteiger charge is 2.08. The molecule has 20 heavy (non-hydrogen) atoms. The van der Waals surface area contributed by atoms with Gasteiger partial charge in [-0.15, -0.1) is 4.98 Å². The molecule has 2 rings (SSSR count). The number of halogens is 1. The zero-order chi connectivity index (χ0) is 14.5. The van der Waals surface area contributed by atoms with Gasteiger partial charge in [0.2, 0.25) is 5.28 Å². The van der Waals surface area contributed by atoms with Crippen molar-refractivity contribution in [3.05, 3.63) is 34.6 Å². The van der Waals surface area contributed by atoms with E-state index < -0.39 is 0 Å². The fraction of sp³-hybridized carbons (Fsp3) is 0.357. The summed E-state index contributed by atoms with van der Waals surface area (Å²) in [4.78, 5) is 11.9. The van der Waals surface area contributed by atoms with E-state index in [0.717, 1.165) is 12.0 Å². The predicted octanol–water partition coefficient (Wildman–Crippen LogP) is 3.72. The summed E-state index contributed by atoms with van der Waals surface area (Å²) in [6, 6.07) is 6.04. The minimum atomic E-state index is 0.0462. The van der Waals surface area contributed by atoms with Crippen molar-refractivity contribution in [1.29, 1.82) is 0 Å². The molecule has 0 saturated carbocycles. The number of rotatable bonds is 5. The molecule has 1 aromatic heterocycles. The zero-order valence-electron chi connectivity index (χ0n) is 11.7. The van der Waals surface area contributed by atoms with Crippen molar-refractivity contribution in [2.45, 2.75) is 27.2 Å². The van der Waals surface area contributed by atoms with Crippen LogP contribution in [0.25, 0.3) is 0 Å². The molecule has 0 saturated heterocycles. The molecule has 0 fully saturated rings. The lowest BCUT2D eigenvalue weighted by molar-refractivity contribution is 0.284. The number of nitrogens with zero attached hydrogens (tertiary/aromatic N) is 3. The standard InChI is InChI=1S/C14H16ClN3O2/c1-4-7-19-13-16-12(15)17-14(18-13)20-11-6-5-9(2)10(3)8-11/h5-6,8H,4,7H2,1-3H3. The summed E-state index contributed by atoms with van der Waals surface area (Å²) in [5, 5.41) is 0.0462. The van der Waals surface area contributed by atoms with E-state index in [1.54, 1.807) is 0 Å². The van der Waals surface area contributed by atoms with Gasteiger partial charge in [-0.2, -0.15) is 9.97 Å². The average Bonchev–Trinajstić information content (AvgIpc) is 2.40. The van der Waals surface area contributed by atoms with Crippen LogP contribution < -0.4 is 9.47 Å². The Balaban J connectivity index is 2.19. The Morgan fingerprint density at radius 2 is 1.80 bits per heavy atom. The number of hydrogen-bond acceptors (Lipinski definition) is 5. The van der Waals surface area contributed by atoms with Crippen LogP contribution in [0.15, 0.2) is 18.2 Å². The van der Waals surface area contributed by atoms with Crippen LogP contribution in [0, 0.1) is 13.8 Å². The summed E-state index contributed by atoms with van der Waals surface area (Å²) in [6.45, 7) is 6.56. The third kappa shape index (κ3) is 3.81. The number of benzene rings is 1. The van der Waals surface area contributed by atoms with Crippen LogP contribution in [0.5, 0.6) is 17.8 Å². The summed E-state index contributed by atoms with van der Waals surface area (Å²) in [7, 11) is 0. The smallest absolute Gasteiger partial charge is 0.329 e. The Morgan fingerprint density at radius 3 is 2.50 bits per heavy atom. The molecule has 106 valence electrons. The molecule has 0 bridgehead atoms. The van der Waals surface area contributed by atoms with Crippen LogP contribution in [0.1, 0.15) is 24.5 Å². The maximum atomic E-state index is 5.83. The topological polar surface area (TPSA) is 57.1 Å². The molecule has 0 N–H and O–H groups in total. The molecule has 0 spiro atoms. The lowest BCUT2D eigenvalue weighted by atomic mass is 10.1. The van der Waals surface area contributed by atoms with Crippen molar-refractivity contribution in [1.82, 2.24) is 15.0 Å². The van der Waals surface area contributed by atoms with Gasteiger partial charge in [0.05, 0.1) is 6.61 Å². The van der Waals surface area contributed by atoms with E-state index >= 15 is 0 Å². The van der Waals surface area contributed by atoms with E-state index in [4.69, 9.17) is 21.1 Å². The molecule has 0 amide bonds. The second kappa shape index (κ2) is 6.52. The summed E-state index contributed by atoms with van der Waals surface area (Å²) >= 11 is 5.83. The highest BCUT2D eigenvalue weighted by Crippen LogP contribution is 2.23. The highest BCUT2D eigenvalue weighted by atomic mass is 35.5. The Morgan fingerprint density at radius 1 is 1.05 bits per heavy atom. The van der Waals surface area contributed by atoms with E-state index in [-0.39, 0.29) is 17.3 Å². The highest BCUT2D eigenvalue weighted by molar-refractivity contribution is 6.28. The lowest BCUT2D eigenvalue weighted by Crippen LogP contribution is -2.03. The average molecular weight is 294 g/mol. The molecule has 1 heterocycles. The third-order valence-electron chi connectivity index (χ3n) is 2.69. The summed E-state index contributed by atoms with van der Waals surface area (Å²) < 4.78 is 10.9. The van der Waals surface area contributed by atoms with Gasteiger partial charge in [0.1, 0.15) is 5.75 Å². The van der Waals surface area contributed by atoms with Crippen LogP contribution in [-0.2, 0) is 0 Å². The molecule has 0 aliphatic carbocycles. The van der Waals surface area contributed by atoms with Crippen LogP contribution in [0.3, 0.4) is 0 Å². The Labute approximate surface area is 123 Å². The first-order valence-electron chi connectivity index (χ1n) is 6.38. The van der Waals surface area contributed by atoms with Crippen molar-refractivity contribution in [3.8, 4) is 17.8 Å². The van der Waals surface area contributed by atoms with Gasteiger partial charge in [-0.3, -0.25) is 0 Å². The van der Waals surface area contributed by atoms with Gasteiger partial charge >= 0.3 is 12.0 Å². The minimum Gasteiger partial charge on any atom is -0.463 e. The van der Waals surface area contributed by atoms with E-state index in [2.05, 4.69) is 15.0 Å². The molecule has 0 aliphatic heterocycles. The second-order valence-corrected chi connectivity index (χ2v) is 4.70. The quantitative estimate of drug-likeness (QED) is 0.841. The first kappa shape index (κ1) is 14.5. The normalized spacial score (nSPS) is 10.4. The number of aryl methyl sites for hydroxylation is 2. The number of ether oxygens (including phenoxy) is 2. The molecule has 0 atom stereocenters. The second-order valence-electron chi connectivity index (χ2n) is 4.37.